The molecule has 0 bridgehead atoms. The number of anilines is 1. The minimum Gasteiger partial charge on any atom is -0.346 e. The number of aryl methyl sites for hydroxylation is 4. The Morgan fingerprint density at radius 1 is 0.926 bits per heavy atom. The molecule has 0 aromatic heterocycles. The zero-order valence-corrected chi connectivity index (χ0v) is 16.8. The van der Waals surface area contributed by atoms with Crippen molar-refractivity contribution in [1.29, 1.82) is 0 Å². The van der Waals surface area contributed by atoms with E-state index in [0.717, 1.165) is 16.8 Å². The highest BCUT2D eigenvalue weighted by Gasteiger charge is 2.11. The molecule has 0 aliphatic carbocycles. The quantitative estimate of drug-likeness (QED) is 0.790. The van der Waals surface area contributed by atoms with Crippen molar-refractivity contribution in [3.8, 4) is 0 Å². The summed E-state index contributed by atoms with van der Waals surface area (Å²) in [6.07, 6.45) is 0. The first-order valence-corrected chi connectivity index (χ1v) is 9.13. The minimum absolute atomic E-state index is 0.0377. The number of amides is 2. The van der Waals surface area contributed by atoms with E-state index >= 15 is 0 Å². The molecule has 2 rings (SSSR count). The van der Waals surface area contributed by atoms with Gasteiger partial charge in [0.25, 0.3) is 0 Å². The summed E-state index contributed by atoms with van der Waals surface area (Å²) in [4.78, 5) is 26.2. The Bertz CT molecular complexity index is 810. The molecule has 144 valence electrons. The van der Waals surface area contributed by atoms with E-state index in [-0.39, 0.29) is 24.9 Å². The molecule has 0 radical (unpaired) electrons. The number of carbonyl (C=O) groups excluding carboxylic acids is 2. The van der Waals surface area contributed by atoms with Gasteiger partial charge < -0.3 is 10.6 Å². The second-order valence-corrected chi connectivity index (χ2v) is 7.19. The number of rotatable bonds is 7. The molecular weight excluding hydrogens is 338 g/mol. The standard InChI is InChI=1S/C22H29N3O2/c1-15-9-10-19(18(4)11-15)13-25(5)14-21(27)23-12-20(26)24-22-16(2)7-6-8-17(22)3/h6-11H,12-14H2,1-5H3,(H,23,27)(H,24,26). The van der Waals surface area contributed by atoms with Gasteiger partial charge in [0, 0.05) is 12.2 Å². The summed E-state index contributed by atoms with van der Waals surface area (Å²) in [6.45, 7) is 8.93. The Kier molecular flexibility index (Phi) is 7.13. The lowest BCUT2D eigenvalue weighted by Crippen LogP contribution is -2.39. The summed E-state index contributed by atoms with van der Waals surface area (Å²) in [5.74, 6) is -0.392. The maximum absolute atomic E-state index is 12.1. The number of hydrogen-bond acceptors (Lipinski definition) is 3. The highest BCUT2D eigenvalue weighted by atomic mass is 16.2. The Hall–Kier alpha value is -2.66. The molecule has 0 aliphatic rings. The van der Waals surface area contributed by atoms with E-state index in [1.165, 1.54) is 16.7 Å². The second kappa shape index (κ2) is 9.33. The molecule has 2 amide bonds. The highest BCUT2D eigenvalue weighted by Crippen LogP contribution is 2.19. The summed E-state index contributed by atoms with van der Waals surface area (Å²) in [5.41, 5.74) is 6.46. The van der Waals surface area contributed by atoms with Gasteiger partial charge in [0.1, 0.15) is 0 Å². The summed E-state index contributed by atoms with van der Waals surface area (Å²) >= 11 is 0. The molecule has 0 atom stereocenters. The second-order valence-electron chi connectivity index (χ2n) is 7.19. The number of likely N-dealkylation sites (N-methyl/N-ethyl adjacent to an activating group) is 1. The van der Waals surface area contributed by atoms with Gasteiger partial charge in [-0.2, -0.15) is 0 Å². The lowest BCUT2D eigenvalue weighted by Gasteiger charge is -2.18. The number of nitrogens with one attached hydrogen (secondary N) is 2. The number of carbonyl (C=O) groups is 2. The fraction of sp³-hybridized carbons (Fsp3) is 0.364. The van der Waals surface area contributed by atoms with Gasteiger partial charge in [-0.05, 0) is 57.0 Å². The lowest BCUT2D eigenvalue weighted by atomic mass is 10.1. The fourth-order valence-electron chi connectivity index (χ4n) is 3.05. The largest absolute Gasteiger partial charge is 0.346 e. The zero-order chi connectivity index (χ0) is 20.0. The van der Waals surface area contributed by atoms with Crippen LogP contribution >= 0.6 is 0 Å². The van der Waals surface area contributed by atoms with Gasteiger partial charge in [-0.25, -0.2) is 0 Å². The van der Waals surface area contributed by atoms with Gasteiger partial charge >= 0.3 is 0 Å². The van der Waals surface area contributed by atoms with Crippen LogP contribution < -0.4 is 10.6 Å². The monoisotopic (exact) mass is 367 g/mol. The molecule has 2 aromatic rings. The third-order valence-electron chi connectivity index (χ3n) is 4.54. The van der Waals surface area contributed by atoms with E-state index in [4.69, 9.17) is 0 Å². The van der Waals surface area contributed by atoms with Crippen LogP contribution in [0.15, 0.2) is 36.4 Å². The van der Waals surface area contributed by atoms with E-state index in [2.05, 4.69) is 42.7 Å². The molecule has 2 aromatic carbocycles. The molecule has 0 aliphatic heterocycles. The fourth-order valence-corrected chi connectivity index (χ4v) is 3.05. The number of benzene rings is 2. The van der Waals surface area contributed by atoms with Crippen LogP contribution in [-0.2, 0) is 16.1 Å². The van der Waals surface area contributed by atoms with Crippen LogP contribution in [0.1, 0.15) is 27.8 Å². The van der Waals surface area contributed by atoms with Crippen molar-refractivity contribution in [3.05, 3.63) is 64.2 Å². The zero-order valence-electron chi connectivity index (χ0n) is 16.8. The van der Waals surface area contributed by atoms with E-state index in [1.54, 1.807) is 0 Å². The molecule has 5 nitrogen and oxygen atoms in total. The number of nitrogens with zero attached hydrogens (tertiary/aromatic N) is 1. The molecule has 0 spiro atoms. The molecule has 5 heteroatoms. The van der Waals surface area contributed by atoms with Gasteiger partial charge in [-0.15, -0.1) is 0 Å². The predicted molar refractivity (Wildman–Crippen MR) is 110 cm³/mol. The molecular formula is C22H29N3O2. The van der Waals surface area contributed by atoms with Crippen molar-refractivity contribution < 1.29 is 9.59 Å². The van der Waals surface area contributed by atoms with Crippen LogP contribution in [0.4, 0.5) is 5.69 Å². The first-order chi connectivity index (χ1) is 12.8. The lowest BCUT2D eigenvalue weighted by molar-refractivity contribution is -0.124. The third-order valence-corrected chi connectivity index (χ3v) is 4.54. The summed E-state index contributed by atoms with van der Waals surface area (Å²) < 4.78 is 0. The smallest absolute Gasteiger partial charge is 0.243 e. The summed E-state index contributed by atoms with van der Waals surface area (Å²) in [6, 6.07) is 12.2. The number of hydrogen-bond donors (Lipinski definition) is 2. The van der Waals surface area contributed by atoms with Gasteiger partial charge in [0.05, 0.1) is 13.1 Å². The van der Waals surface area contributed by atoms with Crippen LogP contribution in [0.25, 0.3) is 0 Å². The predicted octanol–water partition coefficient (Wildman–Crippen LogP) is 3.11. The van der Waals surface area contributed by atoms with Gasteiger partial charge in [-0.1, -0.05) is 42.0 Å². The first-order valence-electron chi connectivity index (χ1n) is 9.13. The molecule has 0 heterocycles. The van der Waals surface area contributed by atoms with Crippen LogP contribution in [0.2, 0.25) is 0 Å². The van der Waals surface area contributed by atoms with Gasteiger partial charge in [0.15, 0.2) is 0 Å². The van der Waals surface area contributed by atoms with Crippen molar-refractivity contribution in [2.75, 3.05) is 25.5 Å². The Balaban J connectivity index is 1.80. The summed E-state index contributed by atoms with van der Waals surface area (Å²) in [5, 5.41) is 5.56. The average molecular weight is 367 g/mol. The SMILES string of the molecule is Cc1ccc(CN(C)CC(=O)NCC(=O)Nc2c(C)cccc2C)c(C)c1. The van der Waals surface area contributed by atoms with Crippen molar-refractivity contribution in [2.45, 2.75) is 34.2 Å². The van der Waals surface area contributed by atoms with Crippen LogP contribution in [-0.4, -0.2) is 36.9 Å². The van der Waals surface area contributed by atoms with Crippen molar-refractivity contribution in [2.24, 2.45) is 0 Å². The molecule has 27 heavy (non-hydrogen) atoms. The van der Waals surface area contributed by atoms with Crippen LogP contribution in [0.5, 0.6) is 0 Å². The van der Waals surface area contributed by atoms with Crippen LogP contribution in [0.3, 0.4) is 0 Å². The molecule has 0 saturated carbocycles. The maximum Gasteiger partial charge on any atom is 0.243 e. The Morgan fingerprint density at radius 2 is 1.59 bits per heavy atom. The molecule has 0 unspecified atom stereocenters. The average Bonchev–Trinajstić information content (AvgIpc) is 2.59. The first kappa shape index (κ1) is 20.6. The van der Waals surface area contributed by atoms with Crippen molar-refractivity contribution >= 4 is 17.5 Å². The minimum atomic E-state index is -0.224. The van der Waals surface area contributed by atoms with E-state index in [1.807, 2.05) is 44.0 Å². The van der Waals surface area contributed by atoms with Crippen molar-refractivity contribution in [1.82, 2.24) is 10.2 Å². The molecule has 0 fully saturated rings. The Labute approximate surface area is 161 Å². The molecule has 0 saturated heterocycles. The Morgan fingerprint density at radius 3 is 2.22 bits per heavy atom. The van der Waals surface area contributed by atoms with Gasteiger partial charge in [0.2, 0.25) is 11.8 Å². The summed E-state index contributed by atoms with van der Waals surface area (Å²) in [7, 11) is 1.90. The maximum atomic E-state index is 12.1. The van der Waals surface area contributed by atoms with Crippen LogP contribution in [0, 0.1) is 27.7 Å². The third kappa shape index (κ3) is 6.22. The van der Waals surface area contributed by atoms with E-state index < -0.39 is 0 Å². The van der Waals surface area contributed by atoms with E-state index in [0.29, 0.717) is 6.54 Å². The van der Waals surface area contributed by atoms with E-state index in [9.17, 15) is 9.59 Å². The van der Waals surface area contributed by atoms with Gasteiger partial charge in [-0.3, -0.25) is 14.5 Å². The topological polar surface area (TPSA) is 61.4 Å². The highest BCUT2D eigenvalue weighted by molar-refractivity contribution is 5.95. The van der Waals surface area contributed by atoms with Crippen molar-refractivity contribution in [3.63, 3.8) is 0 Å². The molecule has 2 N–H and O–H groups in total. The normalized spacial score (nSPS) is 10.7. The number of para-hydroxylation sites is 1.